The van der Waals surface area contributed by atoms with Gasteiger partial charge in [-0.15, -0.1) is 11.3 Å². The van der Waals surface area contributed by atoms with Crippen LogP contribution in [0.25, 0.3) is 0 Å². The van der Waals surface area contributed by atoms with Gasteiger partial charge in [0.2, 0.25) is 0 Å². The second-order valence-corrected chi connectivity index (χ2v) is 6.45. The monoisotopic (exact) mass is 286 g/mol. The Hall–Kier alpha value is -1.81. The van der Waals surface area contributed by atoms with Crippen LogP contribution in [0.3, 0.4) is 0 Å². The number of para-hydroxylation sites is 2. The van der Waals surface area contributed by atoms with Gasteiger partial charge in [0, 0.05) is 25.0 Å². The van der Waals surface area contributed by atoms with E-state index in [4.69, 9.17) is 0 Å². The smallest absolute Gasteiger partial charge is 0.191 e. The highest BCUT2D eigenvalue weighted by molar-refractivity contribution is 7.14. The number of carbonyl (C=O) groups excluding carboxylic acids is 1. The predicted molar refractivity (Wildman–Crippen MR) is 85.3 cm³/mol. The van der Waals surface area contributed by atoms with Crippen molar-refractivity contribution < 1.29 is 4.79 Å². The fourth-order valence-corrected chi connectivity index (χ4v) is 3.36. The zero-order valence-electron chi connectivity index (χ0n) is 11.8. The number of aryl methyl sites for hydroxylation is 1. The van der Waals surface area contributed by atoms with Gasteiger partial charge in [0.05, 0.1) is 22.8 Å². The van der Waals surface area contributed by atoms with E-state index in [0.717, 1.165) is 23.7 Å². The van der Waals surface area contributed by atoms with Crippen molar-refractivity contribution in [2.75, 3.05) is 36.5 Å². The van der Waals surface area contributed by atoms with E-state index >= 15 is 0 Å². The maximum Gasteiger partial charge on any atom is 0.191 e. The molecule has 4 heteroatoms. The molecule has 0 unspecified atom stereocenters. The van der Waals surface area contributed by atoms with Crippen LogP contribution in [-0.4, -0.2) is 32.5 Å². The molecule has 0 bridgehead atoms. The molecule has 0 saturated heterocycles. The zero-order chi connectivity index (χ0) is 14.1. The van der Waals surface area contributed by atoms with Crippen LogP contribution < -0.4 is 9.80 Å². The van der Waals surface area contributed by atoms with Crippen molar-refractivity contribution in [2.45, 2.75) is 6.92 Å². The quantitative estimate of drug-likeness (QED) is 0.810. The number of nitrogens with zero attached hydrogens (tertiary/aromatic N) is 2. The van der Waals surface area contributed by atoms with Crippen molar-refractivity contribution in [1.29, 1.82) is 0 Å². The Morgan fingerprint density at radius 2 is 1.90 bits per heavy atom. The molecule has 0 fully saturated rings. The molecule has 0 N–H and O–H groups in total. The molecule has 20 heavy (non-hydrogen) atoms. The molecule has 3 nitrogen and oxygen atoms in total. The summed E-state index contributed by atoms with van der Waals surface area (Å²) in [5.41, 5.74) is 2.36. The highest BCUT2D eigenvalue weighted by Gasteiger charge is 2.22. The molecular formula is C16H18N2OS. The molecule has 0 spiro atoms. The van der Waals surface area contributed by atoms with Crippen molar-refractivity contribution >= 4 is 28.5 Å². The number of anilines is 2. The Morgan fingerprint density at radius 3 is 2.60 bits per heavy atom. The highest BCUT2D eigenvalue weighted by atomic mass is 32.1. The fraction of sp³-hybridized carbons (Fsp3) is 0.312. The molecule has 0 radical (unpaired) electrons. The SMILES string of the molecule is Cc1ccc(C(=O)CN2CCN(C)c3ccccc32)s1. The number of likely N-dealkylation sites (N-methyl/N-ethyl adjacent to an activating group) is 1. The van der Waals surface area contributed by atoms with E-state index in [1.54, 1.807) is 11.3 Å². The summed E-state index contributed by atoms with van der Waals surface area (Å²) in [4.78, 5) is 18.8. The maximum atomic E-state index is 12.4. The Bertz CT molecular complexity index is 635. The van der Waals surface area contributed by atoms with Gasteiger partial charge in [0.25, 0.3) is 0 Å². The number of hydrogen-bond acceptors (Lipinski definition) is 4. The van der Waals surface area contributed by atoms with Crippen LogP contribution in [-0.2, 0) is 0 Å². The third-order valence-electron chi connectivity index (χ3n) is 3.69. The topological polar surface area (TPSA) is 23.6 Å². The van der Waals surface area contributed by atoms with Gasteiger partial charge >= 0.3 is 0 Å². The van der Waals surface area contributed by atoms with Gasteiger partial charge in [-0.05, 0) is 31.2 Å². The average Bonchev–Trinajstić information content (AvgIpc) is 2.89. The second kappa shape index (κ2) is 5.29. The molecule has 0 amide bonds. The summed E-state index contributed by atoms with van der Waals surface area (Å²) in [7, 11) is 2.10. The van der Waals surface area contributed by atoms with Crippen LogP contribution in [0.4, 0.5) is 11.4 Å². The summed E-state index contributed by atoms with van der Waals surface area (Å²) in [6.45, 7) is 4.34. The summed E-state index contributed by atoms with van der Waals surface area (Å²) in [5.74, 6) is 0.211. The lowest BCUT2D eigenvalue weighted by molar-refractivity contribution is 0.100. The van der Waals surface area contributed by atoms with Gasteiger partial charge in [0.15, 0.2) is 5.78 Å². The number of fused-ring (bicyclic) bond motifs is 1. The number of carbonyl (C=O) groups is 1. The first-order valence-corrected chi connectivity index (χ1v) is 7.61. The zero-order valence-corrected chi connectivity index (χ0v) is 12.6. The van der Waals surface area contributed by atoms with Gasteiger partial charge in [-0.2, -0.15) is 0 Å². The van der Waals surface area contributed by atoms with Crippen LogP contribution in [0.5, 0.6) is 0 Å². The minimum atomic E-state index is 0.211. The van der Waals surface area contributed by atoms with Crippen molar-refractivity contribution in [3.63, 3.8) is 0 Å². The van der Waals surface area contributed by atoms with E-state index in [-0.39, 0.29) is 5.78 Å². The van der Waals surface area contributed by atoms with E-state index in [1.807, 2.05) is 31.2 Å². The van der Waals surface area contributed by atoms with E-state index in [0.29, 0.717) is 6.54 Å². The molecule has 1 aromatic carbocycles. The van der Waals surface area contributed by atoms with Crippen LogP contribution in [0.15, 0.2) is 36.4 Å². The van der Waals surface area contributed by atoms with E-state index in [1.165, 1.54) is 10.6 Å². The van der Waals surface area contributed by atoms with Crippen molar-refractivity contribution in [3.05, 3.63) is 46.2 Å². The maximum absolute atomic E-state index is 12.4. The number of hydrogen-bond donors (Lipinski definition) is 0. The largest absolute Gasteiger partial charge is 0.371 e. The number of ketones is 1. The molecule has 0 aliphatic carbocycles. The summed E-state index contributed by atoms with van der Waals surface area (Å²) in [5, 5.41) is 0. The Labute approximate surface area is 123 Å². The number of thiophene rings is 1. The lowest BCUT2D eigenvalue weighted by Crippen LogP contribution is -2.41. The third-order valence-corrected chi connectivity index (χ3v) is 4.73. The minimum absolute atomic E-state index is 0.211. The highest BCUT2D eigenvalue weighted by Crippen LogP contribution is 2.31. The molecular weight excluding hydrogens is 268 g/mol. The minimum Gasteiger partial charge on any atom is -0.371 e. The van der Waals surface area contributed by atoms with Crippen molar-refractivity contribution in [1.82, 2.24) is 0 Å². The van der Waals surface area contributed by atoms with Gasteiger partial charge in [-0.25, -0.2) is 0 Å². The van der Waals surface area contributed by atoms with Gasteiger partial charge in [0.1, 0.15) is 0 Å². The molecule has 0 atom stereocenters. The molecule has 1 aromatic heterocycles. The van der Waals surface area contributed by atoms with Crippen LogP contribution in [0.1, 0.15) is 14.5 Å². The average molecular weight is 286 g/mol. The Kier molecular flexibility index (Phi) is 3.49. The van der Waals surface area contributed by atoms with E-state index in [2.05, 4.69) is 29.0 Å². The number of Topliss-reactive ketones (excluding diaryl/α,β-unsaturated/α-hetero) is 1. The van der Waals surface area contributed by atoms with Crippen molar-refractivity contribution in [2.24, 2.45) is 0 Å². The van der Waals surface area contributed by atoms with Crippen LogP contribution in [0, 0.1) is 6.92 Å². The predicted octanol–water partition coefficient (Wildman–Crippen LogP) is 3.20. The summed E-state index contributed by atoms with van der Waals surface area (Å²) < 4.78 is 0. The Morgan fingerprint density at radius 1 is 1.15 bits per heavy atom. The van der Waals surface area contributed by atoms with Gasteiger partial charge in [-0.1, -0.05) is 12.1 Å². The van der Waals surface area contributed by atoms with Crippen LogP contribution in [0.2, 0.25) is 0 Å². The molecule has 2 heterocycles. The molecule has 3 rings (SSSR count). The first-order valence-electron chi connectivity index (χ1n) is 6.80. The number of benzene rings is 1. The van der Waals surface area contributed by atoms with E-state index < -0.39 is 0 Å². The standard InChI is InChI=1S/C16H18N2OS/c1-12-7-8-16(20-12)15(19)11-18-10-9-17(2)13-5-3-4-6-14(13)18/h3-8H,9-11H2,1-2H3. The third kappa shape index (κ3) is 2.43. The molecule has 104 valence electrons. The lowest BCUT2D eigenvalue weighted by Gasteiger charge is -2.36. The fourth-order valence-electron chi connectivity index (χ4n) is 2.57. The van der Waals surface area contributed by atoms with Crippen LogP contribution >= 0.6 is 11.3 Å². The normalized spacial score (nSPS) is 14.3. The molecule has 2 aromatic rings. The number of rotatable bonds is 3. The van der Waals surface area contributed by atoms with Crippen molar-refractivity contribution in [3.8, 4) is 0 Å². The molecule has 1 aliphatic heterocycles. The summed E-state index contributed by atoms with van der Waals surface area (Å²) >= 11 is 1.58. The summed E-state index contributed by atoms with van der Waals surface area (Å²) in [6, 6.07) is 12.2. The molecule has 0 saturated carbocycles. The summed E-state index contributed by atoms with van der Waals surface area (Å²) in [6.07, 6.45) is 0. The van der Waals surface area contributed by atoms with Gasteiger partial charge in [-0.3, -0.25) is 4.79 Å². The first-order chi connectivity index (χ1) is 9.65. The van der Waals surface area contributed by atoms with E-state index in [9.17, 15) is 4.79 Å². The second-order valence-electron chi connectivity index (χ2n) is 5.17. The Balaban J connectivity index is 1.82. The van der Waals surface area contributed by atoms with Gasteiger partial charge < -0.3 is 9.80 Å². The lowest BCUT2D eigenvalue weighted by atomic mass is 10.1. The first kappa shape index (κ1) is 13.2. The molecule has 1 aliphatic rings.